The molecule has 0 fully saturated rings. The number of carbonyl (C=O) groups excluding carboxylic acids is 2. The van der Waals surface area contributed by atoms with Crippen LogP contribution in [0.4, 0.5) is 0 Å². The number of carbonyl (C=O) groups is 2. The maximum absolute atomic E-state index is 11.9. The monoisotopic (exact) mass is 359 g/mol. The minimum atomic E-state index is -1.27. The minimum Gasteiger partial charge on any atom is -0.504 e. The zero-order chi connectivity index (χ0) is 19.3. The van der Waals surface area contributed by atoms with Crippen molar-refractivity contribution >= 4 is 18.0 Å². The smallest absolute Gasteiger partial charge is 0.331 e. The number of hydrogen-bond donors (Lipinski definition) is 5. The fourth-order valence-electron chi connectivity index (χ4n) is 2.10. The summed E-state index contributed by atoms with van der Waals surface area (Å²) in [6.45, 7) is 0. The van der Waals surface area contributed by atoms with Gasteiger partial charge in [0.2, 0.25) is 0 Å². The van der Waals surface area contributed by atoms with Crippen LogP contribution in [0.5, 0.6) is 23.0 Å². The molecule has 0 saturated carbocycles. The number of rotatable bonds is 6. The number of phenols is 4. The Kier molecular flexibility index (Phi) is 5.69. The second-order valence-corrected chi connectivity index (χ2v) is 5.44. The highest BCUT2D eigenvalue weighted by Crippen LogP contribution is 2.26. The molecular formula is C18H17NO7. The summed E-state index contributed by atoms with van der Waals surface area (Å²) in [5, 5.41) is 37.4. The van der Waals surface area contributed by atoms with Gasteiger partial charge in [0.25, 0.3) is 5.91 Å². The zero-order valence-electron chi connectivity index (χ0n) is 13.5. The number of esters is 1. The van der Waals surface area contributed by atoms with E-state index in [1.807, 2.05) is 0 Å². The predicted molar refractivity (Wildman–Crippen MR) is 91.4 cm³/mol. The maximum atomic E-state index is 11.9. The zero-order valence-corrected chi connectivity index (χ0v) is 13.5. The van der Waals surface area contributed by atoms with Crippen molar-refractivity contribution in [1.82, 2.24) is 0 Å². The Morgan fingerprint density at radius 1 is 0.962 bits per heavy atom. The molecule has 0 unspecified atom stereocenters. The first-order chi connectivity index (χ1) is 12.3. The van der Waals surface area contributed by atoms with Crippen LogP contribution in [0.1, 0.15) is 11.1 Å². The molecule has 0 aliphatic rings. The number of aromatic hydroxyl groups is 4. The number of primary amides is 1. The predicted octanol–water partition coefficient (Wildman–Crippen LogP) is 1.16. The molecule has 0 aromatic heterocycles. The summed E-state index contributed by atoms with van der Waals surface area (Å²) >= 11 is 0. The highest BCUT2D eigenvalue weighted by molar-refractivity contribution is 5.90. The molecular weight excluding hydrogens is 342 g/mol. The molecule has 1 amide bonds. The molecule has 136 valence electrons. The number of nitrogens with two attached hydrogens (primary N) is 1. The van der Waals surface area contributed by atoms with Crippen LogP contribution in [0, 0.1) is 0 Å². The highest BCUT2D eigenvalue weighted by Gasteiger charge is 2.20. The maximum Gasteiger partial charge on any atom is 0.331 e. The summed E-state index contributed by atoms with van der Waals surface area (Å²) in [4.78, 5) is 23.4. The van der Waals surface area contributed by atoms with E-state index in [2.05, 4.69) is 0 Å². The molecule has 0 saturated heterocycles. The second kappa shape index (κ2) is 7.93. The van der Waals surface area contributed by atoms with Gasteiger partial charge < -0.3 is 30.9 Å². The first-order valence-electron chi connectivity index (χ1n) is 7.47. The van der Waals surface area contributed by atoms with E-state index in [1.165, 1.54) is 42.5 Å². The van der Waals surface area contributed by atoms with Gasteiger partial charge in [-0.3, -0.25) is 4.79 Å². The van der Waals surface area contributed by atoms with Gasteiger partial charge in [-0.2, -0.15) is 0 Å². The summed E-state index contributed by atoms with van der Waals surface area (Å²) in [6, 6.07) is 7.88. The van der Waals surface area contributed by atoms with E-state index in [9.17, 15) is 30.0 Å². The molecule has 26 heavy (non-hydrogen) atoms. The Morgan fingerprint density at radius 3 is 2.15 bits per heavy atom. The van der Waals surface area contributed by atoms with Crippen molar-refractivity contribution in [1.29, 1.82) is 0 Å². The molecule has 8 nitrogen and oxygen atoms in total. The Labute approximate surface area is 148 Å². The van der Waals surface area contributed by atoms with Gasteiger partial charge in [0.15, 0.2) is 29.1 Å². The molecule has 0 bridgehead atoms. The average molecular weight is 359 g/mol. The third kappa shape index (κ3) is 4.91. The summed E-state index contributed by atoms with van der Waals surface area (Å²) in [7, 11) is 0. The molecule has 0 radical (unpaired) electrons. The largest absolute Gasteiger partial charge is 0.504 e. The third-order valence-corrected chi connectivity index (χ3v) is 3.45. The summed E-state index contributed by atoms with van der Waals surface area (Å²) in [5.41, 5.74) is 6.09. The summed E-state index contributed by atoms with van der Waals surface area (Å²) in [6.07, 6.45) is 1.01. The van der Waals surface area contributed by atoms with E-state index < -0.39 is 18.0 Å². The molecule has 0 spiro atoms. The van der Waals surface area contributed by atoms with Gasteiger partial charge in [-0.05, 0) is 41.5 Å². The topological polar surface area (TPSA) is 150 Å². The van der Waals surface area contributed by atoms with E-state index in [1.54, 1.807) is 0 Å². The van der Waals surface area contributed by atoms with Gasteiger partial charge in [0, 0.05) is 12.5 Å². The number of phenolic OH excluding ortho intramolecular Hbond substituents is 4. The lowest BCUT2D eigenvalue weighted by Gasteiger charge is -2.14. The highest BCUT2D eigenvalue weighted by atomic mass is 16.5. The van der Waals surface area contributed by atoms with Crippen LogP contribution in [0.15, 0.2) is 42.5 Å². The number of benzene rings is 2. The van der Waals surface area contributed by atoms with Crippen LogP contribution in [0.25, 0.3) is 6.08 Å². The second-order valence-electron chi connectivity index (χ2n) is 5.44. The lowest BCUT2D eigenvalue weighted by molar-refractivity contribution is -0.149. The van der Waals surface area contributed by atoms with E-state index in [0.717, 1.165) is 6.08 Å². The van der Waals surface area contributed by atoms with Crippen LogP contribution in [0.3, 0.4) is 0 Å². The minimum absolute atomic E-state index is 0.0806. The van der Waals surface area contributed by atoms with Crippen molar-refractivity contribution in [2.24, 2.45) is 5.73 Å². The van der Waals surface area contributed by atoms with Crippen LogP contribution >= 0.6 is 0 Å². The van der Waals surface area contributed by atoms with E-state index in [4.69, 9.17) is 10.5 Å². The lowest BCUT2D eigenvalue weighted by Crippen LogP contribution is -2.34. The van der Waals surface area contributed by atoms with Crippen molar-refractivity contribution < 1.29 is 34.8 Å². The van der Waals surface area contributed by atoms with Crippen molar-refractivity contribution in [2.45, 2.75) is 12.5 Å². The van der Waals surface area contributed by atoms with Crippen molar-refractivity contribution in [3.8, 4) is 23.0 Å². The Balaban J connectivity index is 2.05. The molecule has 0 aliphatic heterocycles. The van der Waals surface area contributed by atoms with Gasteiger partial charge in [0.05, 0.1) is 0 Å². The van der Waals surface area contributed by atoms with E-state index in [-0.39, 0.29) is 29.4 Å². The molecule has 2 aromatic carbocycles. The Hall–Kier alpha value is -3.68. The number of amides is 1. The van der Waals surface area contributed by atoms with Crippen LogP contribution in [-0.4, -0.2) is 38.4 Å². The third-order valence-electron chi connectivity index (χ3n) is 3.45. The van der Waals surface area contributed by atoms with Crippen molar-refractivity contribution in [2.75, 3.05) is 0 Å². The molecule has 0 heterocycles. The number of ether oxygens (including phenoxy) is 1. The van der Waals surface area contributed by atoms with Crippen LogP contribution in [0.2, 0.25) is 0 Å². The molecule has 8 heteroatoms. The van der Waals surface area contributed by atoms with Gasteiger partial charge >= 0.3 is 5.97 Å². The lowest BCUT2D eigenvalue weighted by atomic mass is 10.1. The summed E-state index contributed by atoms with van der Waals surface area (Å²) in [5.74, 6) is -3.05. The van der Waals surface area contributed by atoms with Crippen LogP contribution in [-0.2, 0) is 20.7 Å². The fraction of sp³-hybridized carbons (Fsp3) is 0.111. The Bertz CT molecular complexity index is 861. The SMILES string of the molecule is NC(=O)[C@H](Cc1ccc(O)c(O)c1)OC(=O)/C=C/c1ccc(O)c(O)c1. The quantitative estimate of drug-likeness (QED) is 0.295. The average Bonchev–Trinajstić information content (AvgIpc) is 2.58. The van der Waals surface area contributed by atoms with Crippen molar-refractivity contribution in [3.63, 3.8) is 0 Å². The van der Waals surface area contributed by atoms with E-state index >= 15 is 0 Å². The van der Waals surface area contributed by atoms with Gasteiger partial charge in [-0.1, -0.05) is 12.1 Å². The standard InChI is InChI=1S/C18H17NO7/c19-18(25)16(9-11-2-5-13(21)15(23)8-11)26-17(24)6-3-10-1-4-12(20)14(22)7-10/h1-8,16,20-23H,9H2,(H2,19,25)/b6-3+/t16-/m0/s1. The summed E-state index contributed by atoms with van der Waals surface area (Å²) < 4.78 is 5.01. The van der Waals surface area contributed by atoms with Gasteiger partial charge in [-0.15, -0.1) is 0 Å². The first kappa shape index (κ1) is 18.7. The number of hydrogen-bond acceptors (Lipinski definition) is 7. The van der Waals surface area contributed by atoms with E-state index in [0.29, 0.717) is 11.1 Å². The Morgan fingerprint density at radius 2 is 1.58 bits per heavy atom. The molecule has 2 aromatic rings. The first-order valence-corrected chi connectivity index (χ1v) is 7.47. The van der Waals surface area contributed by atoms with Crippen LogP contribution < -0.4 is 5.73 Å². The molecule has 2 rings (SSSR count). The van der Waals surface area contributed by atoms with Crippen molar-refractivity contribution in [3.05, 3.63) is 53.6 Å². The van der Waals surface area contributed by atoms with Gasteiger partial charge in [-0.25, -0.2) is 4.79 Å². The van der Waals surface area contributed by atoms with Gasteiger partial charge in [0.1, 0.15) is 0 Å². The fourth-order valence-corrected chi connectivity index (χ4v) is 2.10. The molecule has 6 N–H and O–H groups in total. The normalized spacial score (nSPS) is 12.0. The molecule has 0 aliphatic carbocycles. The molecule has 1 atom stereocenters.